The largest absolute Gasteiger partial charge is 0.367 e. The Morgan fingerprint density at radius 2 is 2.06 bits per heavy atom. The third kappa shape index (κ3) is 1.51. The van der Waals surface area contributed by atoms with Crippen molar-refractivity contribution >= 4 is 6.03 Å². The average Bonchev–Trinajstić information content (AvgIpc) is 2.90. The molecule has 3 heterocycles. The van der Waals surface area contributed by atoms with Crippen LogP contribution >= 0.6 is 0 Å². The van der Waals surface area contributed by atoms with E-state index in [9.17, 15) is 4.79 Å². The number of nitrogens with zero attached hydrogens (tertiary/aromatic N) is 1. The fraction of sp³-hybridized carbons (Fsp3) is 0.929. The van der Waals surface area contributed by atoms with E-state index in [1.807, 2.05) is 18.7 Å². The molecule has 18 heavy (non-hydrogen) atoms. The summed E-state index contributed by atoms with van der Waals surface area (Å²) < 4.78 is 6.28. The Morgan fingerprint density at radius 1 is 1.39 bits per heavy atom. The lowest BCUT2D eigenvalue weighted by molar-refractivity contribution is -0.214. The van der Waals surface area contributed by atoms with Crippen molar-refractivity contribution in [2.45, 2.75) is 76.8 Å². The van der Waals surface area contributed by atoms with Gasteiger partial charge in [-0.25, -0.2) is 4.79 Å². The lowest BCUT2D eigenvalue weighted by atomic mass is 9.69. The molecule has 4 nitrogen and oxygen atoms in total. The number of amides is 2. The average molecular weight is 252 g/mol. The molecule has 4 heteroatoms. The second-order valence-corrected chi connectivity index (χ2v) is 7.11. The van der Waals surface area contributed by atoms with Crippen LogP contribution in [0.4, 0.5) is 4.79 Å². The van der Waals surface area contributed by atoms with Crippen LogP contribution in [0, 0.1) is 5.92 Å². The summed E-state index contributed by atoms with van der Waals surface area (Å²) in [4.78, 5) is 14.2. The van der Waals surface area contributed by atoms with Crippen LogP contribution in [0.5, 0.6) is 0 Å². The maximum atomic E-state index is 12.2. The molecule has 0 aromatic rings. The molecule has 4 fully saturated rings. The molecule has 3 aliphatic heterocycles. The number of nitrogens with one attached hydrogen (secondary N) is 1. The van der Waals surface area contributed by atoms with Gasteiger partial charge >= 0.3 is 6.03 Å². The highest BCUT2D eigenvalue weighted by Gasteiger charge is 2.72. The molecule has 0 radical (unpaired) electrons. The third-order valence-corrected chi connectivity index (χ3v) is 4.88. The first-order valence-corrected chi connectivity index (χ1v) is 7.05. The van der Waals surface area contributed by atoms with E-state index in [0.29, 0.717) is 18.0 Å². The van der Waals surface area contributed by atoms with Gasteiger partial charge in [-0.1, -0.05) is 0 Å². The number of rotatable bonds is 1. The molecular weight excluding hydrogens is 228 g/mol. The van der Waals surface area contributed by atoms with Gasteiger partial charge in [-0.3, -0.25) is 0 Å². The summed E-state index contributed by atoms with van der Waals surface area (Å²) in [5, 5.41) is 3.01. The Labute approximate surface area is 109 Å². The van der Waals surface area contributed by atoms with Crippen molar-refractivity contribution in [3.63, 3.8) is 0 Å². The first kappa shape index (κ1) is 12.3. The van der Waals surface area contributed by atoms with Crippen LogP contribution in [0.15, 0.2) is 0 Å². The minimum atomic E-state index is -0.142. The zero-order chi connectivity index (χ0) is 13.3. The summed E-state index contributed by atoms with van der Waals surface area (Å²) in [7, 11) is 0. The standard InChI is InChI=1S/C14H24N2O2/c1-8(2)15-12(17)16-10-9-6-7-14(5,11(10)16)18-13(9,3)4/h8-11H,6-7H2,1-5H3,(H,15,17)/t9-,10-,11+,14-,16?/m0/s1. The normalized spacial score (nSPS) is 43.9. The SMILES string of the molecule is CC(C)NC(=O)N1[C@H]2[C@@H]3CC[C@](C)(OC3(C)C)[C@@H]21. The summed E-state index contributed by atoms with van der Waals surface area (Å²) >= 11 is 0. The number of fused-ring (bicyclic) bond motifs is 2. The molecule has 0 aromatic carbocycles. The molecule has 0 unspecified atom stereocenters. The van der Waals surface area contributed by atoms with Gasteiger partial charge in [0.05, 0.1) is 23.3 Å². The first-order valence-electron chi connectivity index (χ1n) is 7.05. The topological polar surface area (TPSA) is 41.3 Å². The van der Waals surface area contributed by atoms with E-state index < -0.39 is 0 Å². The van der Waals surface area contributed by atoms with Crippen molar-refractivity contribution in [2.24, 2.45) is 5.92 Å². The van der Waals surface area contributed by atoms with E-state index in [-0.39, 0.29) is 23.3 Å². The molecule has 102 valence electrons. The van der Waals surface area contributed by atoms with Crippen molar-refractivity contribution in [3.05, 3.63) is 0 Å². The zero-order valence-corrected chi connectivity index (χ0v) is 12.0. The Balaban J connectivity index is 1.82. The molecule has 0 spiro atoms. The van der Waals surface area contributed by atoms with Crippen LogP contribution in [0.25, 0.3) is 0 Å². The Hall–Kier alpha value is -0.770. The second-order valence-electron chi connectivity index (χ2n) is 7.11. The molecule has 1 saturated carbocycles. The Bertz CT molecular complexity index is 393. The van der Waals surface area contributed by atoms with E-state index in [1.165, 1.54) is 6.42 Å². The first-order chi connectivity index (χ1) is 8.26. The van der Waals surface area contributed by atoms with Crippen LogP contribution in [-0.4, -0.2) is 40.3 Å². The lowest BCUT2D eigenvalue weighted by Crippen LogP contribution is -2.58. The van der Waals surface area contributed by atoms with Gasteiger partial charge in [0.15, 0.2) is 0 Å². The van der Waals surface area contributed by atoms with Crippen LogP contribution in [0.2, 0.25) is 0 Å². The Morgan fingerprint density at radius 3 is 2.61 bits per heavy atom. The van der Waals surface area contributed by atoms with Crippen LogP contribution < -0.4 is 5.32 Å². The Kier molecular flexibility index (Phi) is 2.32. The predicted molar refractivity (Wildman–Crippen MR) is 69.4 cm³/mol. The van der Waals surface area contributed by atoms with Crippen molar-refractivity contribution < 1.29 is 9.53 Å². The minimum absolute atomic E-state index is 0.0828. The molecule has 2 bridgehead atoms. The van der Waals surface area contributed by atoms with E-state index in [4.69, 9.17) is 4.74 Å². The number of carbonyl (C=O) groups is 1. The maximum absolute atomic E-state index is 12.2. The molecule has 1 aliphatic carbocycles. The van der Waals surface area contributed by atoms with Gasteiger partial charge in [-0.15, -0.1) is 0 Å². The van der Waals surface area contributed by atoms with Crippen LogP contribution in [-0.2, 0) is 4.74 Å². The second kappa shape index (κ2) is 3.41. The minimum Gasteiger partial charge on any atom is -0.367 e. The van der Waals surface area contributed by atoms with E-state index >= 15 is 0 Å². The molecule has 4 rings (SSSR count). The summed E-state index contributed by atoms with van der Waals surface area (Å²) in [6.07, 6.45) is 2.25. The van der Waals surface area contributed by atoms with Crippen LogP contribution in [0.1, 0.15) is 47.5 Å². The number of ether oxygens (including phenoxy) is 1. The summed E-state index contributed by atoms with van der Waals surface area (Å²) in [5.74, 6) is 0.488. The van der Waals surface area contributed by atoms with Gasteiger partial charge in [0.25, 0.3) is 0 Å². The van der Waals surface area contributed by atoms with E-state index in [2.05, 4.69) is 26.1 Å². The lowest BCUT2D eigenvalue weighted by Gasteiger charge is -2.51. The van der Waals surface area contributed by atoms with Crippen molar-refractivity contribution in [2.75, 3.05) is 0 Å². The van der Waals surface area contributed by atoms with Gasteiger partial charge in [0.2, 0.25) is 0 Å². The molecule has 1 N–H and O–H groups in total. The zero-order valence-electron chi connectivity index (χ0n) is 12.0. The monoisotopic (exact) mass is 252 g/mol. The van der Waals surface area contributed by atoms with Crippen LogP contribution in [0.3, 0.4) is 0 Å². The summed E-state index contributed by atoms with van der Waals surface area (Å²) in [6, 6.07) is 0.966. The number of urea groups is 1. The quantitative estimate of drug-likeness (QED) is 0.726. The van der Waals surface area contributed by atoms with Gasteiger partial charge < -0.3 is 15.0 Å². The van der Waals surface area contributed by atoms with Gasteiger partial charge in [-0.2, -0.15) is 0 Å². The van der Waals surface area contributed by atoms with Gasteiger partial charge in [0.1, 0.15) is 0 Å². The van der Waals surface area contributed by atoms with Crippen molar-refractivity contribution in [1.82, 2.24) is 10.2 Å². The fourth-order valence-electron chi connectivity index (χ4n) is 4.21. The van der Waals surface area contributed by atoms with Gasteiger partial charge in [-0.05, 0) is 47.5 Å². The molecule has 4 atom stereocenters. The highest BCUT2D eigenvalue weighted by atomic mass is 16.5. The maximum Gasteiger partial charge on any atom is 0.318 e. The van der Waals surface area contributed by atoms with E-state index in [1.54, 1.807) is 0 Å². The third-order valence-electron chi connectivity index (χ3n) is 4.88. The number of hydrogen-bond donors (Lipinski definition) is 1. The van der Waals surface area contributed by atoms with E-state index in [0.717, 1.165) is 6.42 Å². The van der Waals surface area contributed by atoms with Crippen molar-refractivity contribution in [1.29, 1.82) is 0 Å². The molecule has 0 aromatic heterocycles. The smallest absolute Gasteiger partial charge is 0.318 e. The number of likely N-dealkylation sites (tertiary alicyclic amines) is 1. The number of carbonyl (C=O) groups excluding carboxylic acids is 1. The molecule has 4 aliphatic rings. The summed E-state index contributed by atoms with van der Waals surface area (Å²) in [6.45, 7) is 10.5. The number of hydrogen-bond acceptors (Lipinski definition) is 2. The predicted octanol–water partition coefficient (Wildman–Crippen LogP) is 2.13. The molecule has 2 amide bonds. The highest BCUT2D eigenvalue weighted by Crippen LogP contribution is 2.60. The molecular formula is C14H24N2O2. The van der Waals surface area contributed by atoms with Crippen molar-refractivity contribution in [3.8, 4) is 0 Å². The highest BCUT2D eigenvalue weighted by molar-refractivity contribution is 5.79. The van der Waals surface area contributed by atoms with Gasteiger partial charge in [0, 0.05) is 12.0 Å². The molecule has 3 saturated heterocycles. The summed E-state index contributed by atoms with van der Waals surface area (Å²) in [5.41, 5.74) is -0.238. The fourth-order valence-corrected chi connectivity index (χ4v) is 4.21.